The van der Waals surface area contributed by atoms with Gasteiger partial charge in [-0.1, -0.05) is 6.07 Å². The van der Waals surface area contributed by atoms with E-state index in [1.54, 1.807) is 54.7 Å². The van der Waals surface area contributed by atoms with E-state index in [9.17, 15) is 9.59 Å². The summed E-state index contributed by atoms with van der Waals surface area (Å²) in [6.45, 7) is -0.364. The number of aliphatic carboxylic acids is 1. The third kappa shape index (κ3) is 4.75. The molecule has 1 amide bonds. The summed E-state index contributed by atoms with van der Waals surface area (Å²) in [7, 11) is 0. The van der Waals surface area contributed by atoms with Crippen molar-refractivity contribution in [2.75, 3.05) is 22.9 Å². The molecule has 0 radical (unpaired) electrons. The molecule has 0 aliphatic carbocycles. The van der Waals surface area contributed by atoms with Gasteiger partial charge in [0.15, 0.2) is 0 Å². The predicted molar refractivity (Wildman–Crippen MR) is 100 cm³/mol. The second kappa shape index (κ2) is 7.91. The molecule has 0 unspecified atom stereocenters. The summed E-state index contributed by atoms with van der Waals surface area (Å²) in [5.74, 6) is -1.17. The van der Waals surface area contributed by atoms with Crippen LogP contribution < -0.4 is 16.4 Å². The van der Waals surface area contributed by atoms with Gasteiger partial charge in [-0.25, -0.2) is 4.98 Å². The summed E-state index contributed by atoms with van der Waals surface area (Å²) < 4.78 is 0. The number of carbonyl (C=O) groups is 2. The second-order valence-corrected chi connectivity index (χ2v) is 5.50. The van der Waals surface area contributed by atoms with Crippen molar-refractivity contribution in [2.24, 2.45) is 0 Å². The van der Waals surface area contributed by atoms with Crippen LogP contribution in [0.1, 0.15) is 10.4 Å². The fourth-order valence-electron chi connectivity index (χ4n) is 2.21. The Balaban J connectivity index is 1.90. The van der Waals surface area contributed by atoms with Crippen LogP contribution in [0.2, 0.25) is 0 Å². The van der Waals surface area contributed by atoms with Crippen LogP contribution in [-0.4, -0.2) is 38.5 Å². The highest BCUT2D eigenvalue weighted by molar-refractivity contribution is 6.04. The van der Waals surface area contributed by atoms with Crippen LogP contribution in [0.25, 0.3) is 11.4 Å². The van der Waals surface area contributed by atoms with Crippen LogP contribution >= 0.6 is 0 Å². The molecule has 0 bridgehead atoms. The van der Waals surface area contributed by atoms with E-state index in [2.05, 4.69) is 25.6 Å². The Morgan fingerprint density at radius 3 is 2.48 bits per heavy atom. The lowest BCUT2D eigenvalue weighted by molar-refractivity contribution is -0.134. The van der Waals surface area contributed by atoms with Gasteiger partial charge in [0.1, 0.15) is 12.4 Å². The fourth-order valence-corrected chi connectivity index (χ4v) is 2.21. The van der Waals surface area contributed by atoms with Crippen LogP contribution in [0, 0.1) is 0 Å². The van der Waals surface area contributed by atoms with Crippen LogP contribution in [0.3, 0.4) is 0 Å². The molecule has 0 saturated carbocycles. The van der Waals surface area contributed by atoms with Gasteiger partial charge in [-0.3, -0.25) is 14.6 Å². The van der Waals surface area contributed by atoms with Gasteiger partial charge in [0.05, 0.1) is 11.4 Å². The van der Waals surface area contributed by atoms with Crippen molar-refractivity contribution >= 4 is 29.3 Å². The van der Waals surface area contributed by atoms with E-state index < -0.39 is 5.97 Å². The largest absolute Gasteiger partial charge is 0.480 e. The molecule has 9 nitrogen and oxygen atoms in total. The number of carboxylic acid groups (broad SMARTS) is 1. The minimum absolute atomic E-state index is 0.0631. The molecular formula is C18H16N6O3. The molecule has 0 aliphatic heterocycles. The molecule has 2 aromatic heterocycles. The van der Waals surface area contributed by atoms with E-state index in [-0.39, 0.29) is 24.2 Å². The summed E-state index contributed by atoms with van der Waals surface area (Å²) in [5.41, 5.74) is 7.57. The number of rotatable bonds is 6. The average molecular weight is 364 g/mol. The number of benzene rings is 1. The first-order chi connectivity index (χ1) is 13.0. The minimum atomic E-state index is -1.06. The smallest absolute Gasteiger partial charge is 0.322 e. The zero-order chi connectivity index (χ0) is 19.2. The normalized spacial score (nSPS) is 10.2. The first kappa shape index (κ1) is 17.8. The number of nitrogen functional groups attached to an aromatic ring is 1. The summed E-state index contributed by atoms with van der Waals surface area (Å²) in [6, 6.07) is 13.3. The lowest BCUT2D eigenvalue weighted by atomic mass is 10.2. The van der Waals surface area contributed by atoms with Gasteiger partial charge in [-0.05, 0) is 36.4 Å². The number of anilines is 3. The van der Waals surface area contributed by atoms with Crippen molar-refractivity contribution in [1.82, 2.24) is 15.0 Å². The Morgan fingerprint density at radius 2 is 1.81 bits per heavy atom. The lowest BCUT2D eigenvalue weighted by Gasteiger charge is -2.10. The first-order valence-corrected chi connectivity index (χ1v) is 7.94. The topological polar surface area (TPSA) is 143 Å². The van der Waals surface area contributed by atoms with Crippen LogP contribution in [-0.2, 0) is 4.79 Å². The molecule has 27 heavy (non-hydrogen) atoms. The number of aromatic nitrogens is 3. The number of pyridine rings is 1. The Kier molecular flexibility index (Phi) is 5.22. The Labute approximate surface area is 154 Å². The number of hydrogen-bond acceptors (Lipinski definition) is 7. The fraction of sp³-hybridized carbons (Fsp3) is 0.0556. The lowest BCUT2D eigenvalue weighted by Crippen LogP contribution is -2.17. The summed E-state index contributed by atoms with van der Waals surface area (Å²) in [5, 5.41) is 14.1. The molecule has 2 heterocycles. The Morgan fingerprint density at radius 1 is 1.04 bits per heavy atom. The van der Waals surface area contributed by atoms with E-state index >= 15 is 0 Å². The summed E-state index contributed by atoms with van der Waals surface area (Å²) >= 11 is 0. The maximum atomic E-state index is 12.4. The minimum Gasteiger partial charge on any atom is -0.480 e. The average Bonchev–Trinajstić information content (AvgIpc) is 2.67. The van der Waals surface area contributed by atoms with Crippen molar-refractivity contribution in [3.8, 4) is 11.4 Å². The van der Waals surface area contributed by atoms with E-state index in [4.69, 9.17) is 10.8 Å². The molecule has 0 atom stereocenters. The molecular weight excluding hydrogens is 348 g/mol. The van der Waals surface area contributed by atoms with Gasteiger partial charge in [-0.15, -0.1) is 0 Å². The molecule has 5 N–H and O–H groups in total. The summed E-state index contributed by atoms with van der Waals surface area (Å²) in [6.07, 6.45) is 1.61. The molecule has 0 saturated heterocycles. The van der Waals surface area contributed by atoms with Gasteiger partial charge in [0.25, 0.3) is 5.91 Å². The third-order valence-electron chi connectivity index (χ3n) is 3.47. The van der Waals surface area contributed by atoms with E-state index in [1.165, 1.54) is 0 Å². The number of carboxylic acids is 1. The number of amides is 1. The zero-order valence-corrected chi connectivity index (χ0v) is 14.1. The van der Waals surface area contributed by atoms with Gasteiger partial charge >= 0.3 is 5.97 Å². The monoisotopic (exact) mass is 364 g/mol. The molecule has 0 aliphatic rings. The molecule has 0 fully saturated rings. The predicted octanol–water partition coefficient (Wildman–Crippen LogP) is 1.87. The standard InChI is InChI=1S/C18H16N6O3/c19-12-6-4-11(5-7-12)17(27)23-15-9-14(13-3-1-2-8-20-13)22-18(24-15)21-10-16(25)26/h1-9H,10,19H2,(H,25,26)(H2,21,22,23,24,27). The van der Waals surface area contributed by atoms with Crippen LogP contribution in [0.4, 0.5) is 17.5 Å². The van der Waals surface area contributed by atoms with E-state index in [1.807, 2.05) is 0 Å². The second-order valence-electron chi connectivity index (χ2n) is 5.50. The molecule has 9 heteroatoms. The van der Waals surface area contributed by atoms with Crippen molar-refractivity contribution < 1.29 is 14.7 Å². The summed E-state index contributed by atoms with van der Waals surface area (Å²) in [4.78, 5) is 35.8. The SMILES string of the molecule is Nc1ccc(C(=O)Nc2cc(-c3ccccn3)nc(NCC(=O)O)n2)cc1. The van der Waals surface area contributed by atoms with Crippen LogP contribution in [0.15, 0.2) is 54.7 Å². The zero-order valence-electron chi connectivity index (χ0n) is 14.1. The molecule has 3 rings (SSSR count). The maximum Gasteiger partial charge on any atom is 0.322 e. The molecule has 3 aromatic rings. The van der Waals surface area contributed by atoms with Gasteiger partial charge in [0, 0.05) is 23.5 Å². The van der Waals surface area contributed by atoms with Crippen molar-refractivity contribution in [3.05, 3.63) is 60.3 Å². The Bertz CT molecular complexity index is 961. The number of nitrogens with two attached hydrogens (primary N) is 1. The highest BCUT2D eigenvalue weighted by Gasteiger charge is 2.12. The van der Waals surface area contributed by atoms with Crippen LogP contribution in [0.5, 0.6) is 0 Å². The highest BCUT2D eigenvalue weighted by Crippen LogP contribution is 2.20. The van der Waals surface area contributed by atoms with Gasteiger partial charge in [-0.2, -0.15) is 4.98 Å². The number of nitrogens with one attached hydrogen (secondary N) is 2. The van der Waals surface area contributed by atoms with Gasteiger partial charge < -0.3 is 21.5 Å². The third-order valence-corrected chi connectivity index (χ3v) is 3.47. The van der Waals surface area contributed by atoms with Crippen molar-refractivity contribution in [1.29, 1.82) is 0 Å². The van der Waals surface area contributed by atoms with Crippen molar-refractivity contribution in [3.63, 3.8) is 0 Å². The van der Waals surface area contributed by atoms with E-state index in [0.717, 1.165) is 0 Å². The van der Waals surface area contributed by atoms with E-state index in [0.29, 0.717) is 22.6 Å². The molecule has 0 spiro atoms. The highest BCUT2D eigenvalue weighted by atomic mass is 16.4. The van der Waals surface area contributed by atoms with Crippen molar-refractivity contribution in [2.45, 2.75) is 0 Å². The van der Waals surface area contributed by atoms with Gasteiger partial charge in [0.2, 0.25) is 5.95 Å². The molecule has 136 valence electrons. The quantitative estimate of drug-likeness (QED) is 0.485. The maximum absolute atomic E-state index is 12.4. The number of nitrogens with zero attached hydrogens (tertiary/aromatic N) is 3. The Hall–Kier alpha value is -4.01. The number of carbonyl (C=O) groups excluding carboxylic acids is 1. The molecule has 1 aromatic carbocycles. The first-order valence-electron chi connectivity index (χ1n) is 7.94. The number of hydrogen-bond donors (Lipinski definition) is 4.